The quantitative estimate of drug-likeness (QED) is 0.114. The number of carbonyl (C=O) groups is 3. The predicted molar refractivity (Wildman–Crippen MR) is 121 cm³/mol. The topological polar surface area (TPSA) is 149 Å². The molecule has 0 bridgehead atoms. The number of aliphatic hydroxyl groups is 2. The highest BCUT2D eigenvalue weighted by Crippen LogP contribution is 2.53. The van der Waals surface area contributed by atoms with E-state index in [0.29, 0.717) is 12.0 Å². The van der Waals surface area contributed by atoms with Crippen molar-refractivity contribution in [3.63, 3.8) is 0 Å². The van der Waals surface area contributed by atoms with Gasteiger partial charge in [0.05, 0.1) is 36.2 Å². The molecule has 35 heavy (non-hydrogen) atoms. The van der Waals surface area contributed by atoms with Gasteiger partial charge in [-0.2, -0.15) is 0 Å². The van der Waals surface area contributed by atoms with Crippen molar-refractivity contribution in [2.75, 3.05) is 19.8 Å². The number of aliphatic hydroxyl groups excluding tert-OH is 2. The van der Waals surface area contributed by atoms with Gasteiger partial charge in [0, 0.05) is 12.0 Å². The SMILES string of the molecule is C=C1C(=O)O[C@H]2[C@H]1[C@H](OC(=O)/C(=C/CO)COC(=O)/C(=C/C)CO)C=C(C)[C@]1(OO)CC=C(C)[C@H]21. The second-order valence-electron chi connectivity index (χ2n) is 8.71. The molecule has 1 heterocycles. The van der Waals surface area contributed by atoms with Gasteiger partial charge < -0.3 is 24.4 Å². The van der Waals surface area contributed by atoms with Crippen LogP contribution in [-0.2, 0) is 33.5 Å². The fraction of sp³-hybridized carbons (Fsp3) is 0.480. The summed E-state index contributed by atoms with van der Waals surface area (Å²) in [7, 11) is 0. The molecule has 0 unspecified atom stereocenters. The van der Waals surface area contributed by atoms with E-state index >= 15 is 0 Å². The third-order valence-electron chi connectivity index (χ3n) is 6.89. The number of carbonyl (C=O) groups excluding carboxylic acids is 3. The van der Waals surface area contributed by atoms with E-state index in [1.807, 2.05) is 13.0 Å². The lowest BCUT2D eigenvalue weighted by Gasteiger charge is -2.36. The van der Waals surface area contributed by atoms with Crippen molar-refractivity contribution >= 4 is 17.9 Å². The molecule has 0 aromatic heterocycles. The molecule has 2 aliphatic carbocycles. The zero-order chi connectivity index (χ0) is 25.9. The van der Waals surface area contributed by atoms with E-state index in [1.165, 1.54) is 6.08 Å². The van der Waals surface area contributed by atoms with Crippen LogP contribution in [0, 0.1) is 11.8 Å². The molecule has 3 aliphatic rings. The summed E-state index contributed by atoms with van der Waals surface area (Å²) < 4.78 is 16.4. The predicted octanol–water partition coefficient (Wildman–Crippen LogP) is 1.55. The largest absolute Gasteiger partial charge is 0.457 e. The van der Waals surface area contributed by atoms with E-state index in [0.717, 1.165) is 11.6 Å². The summed E-state index contributed by atoms with van der Waals surface area (Å²) in [5, 5.41) is 28.5. The molecule has 0 aromatic rings. The van der Waals surface area contributed by atoms with E-state index in [-0.39, 0.29) is 16.7 Å². The summed E-state index contributed by atoms with van der Waals surface area (Å²) in [6, 6.07) is 0. The molecular weight excluding hydrogens is 460 g/mol. The van der Waals surface area contributed by atoms with Crippen LogP contribution in [0.15, 0.2) is 58.7 Å². The van der Waals surface area contributed by atoms with Crippen LogP contribution >= 0.6 is 0 Å². The summed E-state index contributed by atoms with van der Waals surface area (Å²) in [5.74, 6) is -3.63. The number of esters is 3. The number of ether oxygens (including phenoxy) is 3. The first kappa shape index (κ1) is 26.6. The summed E-state index contributed by atoms with van der Waals surface area (Å²) >= 11 is 0. The molecule has 1 fully saturated rings. The average molecular weight is 491 g/mol. The van der Waals surface area contributed by atoms with Gasteiger partial charge in [-0.3, -0.25) is 5.26 Å². The Morgan fingerprint density at radius 2 is 1.97 bits per heavy atom. The van der Waals surface area contributed by atoms with Crippen LogP contribution in [0.4, 0.5) is 0 Å². The van der Waals surface area contributed by atoms with Gasteiger partial charge in [-0.1, -0.05) is 24.3 Å². The van der Waals surface area contributed by atoms with Crippen molar-refractivity contribution in [3.8, 4) is 0 Å². The Morgan fingerprint density at radius 1 is 1.26 bits per heavy atom. The summed E-state index contributed by atoms with van der Waals surface area (Å²) in [6.45, 7) is 7.39. The molecule has 0 radical (unpaired) electrons. The zero-order valence-corrected chi connectivity index (χ0v) is 19.9. The Hall–Kier alpha value is -3.05. The van der Waals surface area contributed by atoms with Crippen LogP contribution in [-0.4, -0.2) is 71.0 Å². The number of rotatable bonds is 8. The number of hydrogen-bond donors (Lipinski definition) is 3. The average Bonchev–Trinajstić information content (AvgIpc) is 3.29. The van der Waals surface area contributed by atoms with Crippen LogP contribution < -0.4 is 0 Å². The summed E-state index contributed by atoms with van der Waals surface area (Å²) in [4.78, 5) is 42.5. The van der Waals surface area contributed by atoms with Crippen molar-refractivity contribution < 1.29 is 49.0 Å². The van der Waals surface area contributed by atoms with Gasteiger partial charge in [0.2, 0.25) is 0 Å². The van der Waals surface area contributed by atoms with Crippen LogP contribution in [0.2, 0.25) is 0 Å². The van der Waals surface area contributed by atoms with Crippen LogP contribution in [0.1, 0.15) is 27.2 Å². The highest BCUT2D eigenvalue weighted by Gasteiger charge is 2.60. The first-order valence-corrected chi connectivity index (χ1v) is 11.2. The highest BCUT2D eigenvalue weighted by atomic mass is 17.1. The van der Waals surface area contributed by atoms with Gasteiger partial charge in [0.25, 0.3) is 0 Å². The molecule has 0 spiro atoms. The van der Waals surface area contributed by atoms with E-state index in [1.54, 1.807) is 19.9 Å². The fourth-order valence-electron chi connectivity index (χ4n) is 4.92. The van der Waals surface area contributed by atoms with Crippen LogP contribution in [0.5, 0.6) is 0 Å². The lowest BCUT2D eigenvalue weighted by Crippen LogP contribution is -2.46. The van der Waals surface area contributed by atoms with Gasteiger partial charge in [0.15, 0.2) is 0 Å². The first-order valence-electron chi connectivity index (χ1n) is 11.2. The minimum absolute atomic E-state index is 0.00839. The van der Waals surface area contributed by atoms with Gasteiger partial charge >= 0.3 is 17.9 Å². The molecule has 0 aromatic carbocycles. The van der Waals surface area contributed by atoms with Crippen molar-refractivity contribution in [3.05, 3.63) is 58.7 Å². The number of allylic oxidation sites excluding steroid dienone is 1. The second kappa shape index (κ2) is 10.7. The van der Waals surface area contributed by atoms with Gasteiger partial charge in [0.1, 0.15) is 24.4 Å². The lowest BCUT2D eigenvalue weighted by atomic mass is 9.76. The van der Waals surface area contributed by atoms with E-state index in [2.05, 4.69) is 6.58 Å². The zero-order valence-electron chi connectivity index (χ0n) is 19.9. The highest BCUT2D eigenvalue weighted by molar-refractivity contribution is 5.93. The maximum Gasteiger partial charge on any atom is 0.337 e. The summed E-state index contributed by atoms with van der Waals surface area (Å²) in [5.41, 5.74) is 0.230. The minimum atomic E-state index is -1.19. The number of hydrogen-bond acceptors (Lipinski definition) is 10. The monoisotopic (exact) mass is 490 g/mol. The Morgan fingerprint density at radius 3 is 2.57 bits per heavy atom. The molecule has 3 N–H and O–H groups in total. The Balaban J connectivity index is 1.90. The maximum atomic E-state index is 13.0. The molecule has 1 aliphatic heterocycles. The smallest absolute Gasteiger partial charge is 0.337 e. The minimum Gasteiger partial charge on any atom is -0.457 e. The molecule has 1 saturated heterocycles. The third-order valence-corrected chi connectivity index (χ3v) is 6.89. The Kier molecular flexibility index (Phi) is 8.11. The first-order chi connectivity index (χ1) is 16.6. The Bertz CT molecular complexity index is 1030. The van der Waals surface area contributed by atoms with E-state index in [9.17, 15) is 29.9 Å². The normalized spacial score (nSPS) is 30.6. The van der Waals surface area contributed by atoms with Crippen LogP contribution in [0.3, 0.4) is 0 Å². The lowest BCUT2D eigenvalue weighted by molar-refractivity contribution is -0.323. The molecule has 0 saturated carbocycles. The van der Waals surface area contributed by atoms with E-state index < -0.39 is 67.4 Å². The summed E-state index contributed by atoms with van der Waals surface area (Å²) in [6.07, 6.45) is 4.52. The fourth-order valence-corrected chi connectivity index (χ4v) is 4.92. The molecule has 10 heteroatoms. The number of fused-ring (bicyclic) bond motifs is 3. The molecule has 0 amide bonds. The molecule has 5 atom stereocenters. The van der Waals surface area contributed by atoms with Gasteiger partial charge in [-0.05, 0) is 38.5 Å². The third kappa shape index (κ3) is 4.74. The van der Waals surface area contributed by atoms with Gasteiger partial charge in [-0.15, -0.1) is 0 Å². The van der Waals surface area contributed by atoms with Crippen molar-refractivity contribution in [1.82, 2.24) is 0 Å². The van der Waals surface area contributed by atoms with Crippen LogP contribution in [0.25, 0.3) is 0 Å². The van der Waals surface area contributed by atoms with Gasteiger partial charge in [-0.25, -0.2) is 19.3 Å². The molecule has 190 valence electrons. The molecule has 3 rings (SSSR count). The van der Waals surface area contributed by atoms with E-state index in [4.69, 9.17) is 19.1 Å². The van der Waals surface area contributed by atoms with Crippen molar-refractivity contribution in [2.45, 2.75) is 45.0 Å². The second-order valence-corrected chi connectivity index (χ2v) is 8.71. The molecular formula is C25H30O10. The standard InChI is InChI=1S/C25H30O10/c1-5-16(11-27)23(29)32-12-17(7-9-26)24(30)33-18-10-14(3)25(35-31)8-6-13(2)20(25)21-19(18)15(4)22(28)34-21/h5-7,10,18-21,26-27,31H,4,8-9,11-12H2,1-3H3/b16-5+,17-7+/t18-,19-,20-,21+,25-/m1/s1. The Labute approximate surface area is 202 Å². The maximum absolute atomic E-state index is 13.0. The van der Waals surface area contributed by atoms with Crippen molar-refractivity contribution in [1.29, 1.82) is 0 Å². The van der Waals surface area contributed by atoms with Crippen molar-refractivity contribution in [2.24, 2.45) is 11.8 Å². The molecule has 10 nitrogen and oxygen atoms in total.